The molecule has 2 aromatic carbocycles. The molecule has 0 atom stereocenters. The third-order valence-electron chi connectivity index (χ3n) is 2.81. The lowest BCUT2D eigenvalue weighted by molar-refractivity contribution is 0.112. The van der Waals surface area contributed by atoms with Gasteiger partial charge >= 0.3 is 0 Å². The second-order valence-electron chi connectivity index (χ2n) is 4.28. The Kier molecular flexibility index (Phi) is 6.10. The van der Waals surface area contributed by atoms with Gasteiger partial charge < -0.3 is 14.2 Å². The summed E-state index contributed by atoms with van der Waals surface area (Å²) in [7, 11) is 1.52. The van der Waals surface area contributed by atoms with Crippen LogP contribution in [-0.4, -0.2) is 26.6 Å². The fourth-order valence-corrected chi connectivity index (χ4v) is 2.57. The van der Waals surface area contributed by atoms with E-state index in [0.29, 0.717) is 45.5 Å². The maximum atomic E-state index is 10.8. The maximum Gasteiger partial charge on any atom is 0.175 e. The van der Waals surface area contributed by atoms with Crippen molar-refractivity contribution in [2.75, 3.05) is 20.3 Å². The number of ether oxygens (including phenoxy) is 3. The van der Waals surface area contributed by atoms with Crippen molar-refractivity contribution in [3.8, 4) is 17.2 Å². The van der Waals surface area contributed by atoms with Crippen LogP contribution in [0.25, 0.3) is 0 Å². The van der Waals surface area contributed by atoms with Crippen molar-refractivity contribution >= 4 is 33.8 Å². The van der Waals surface area contributed by atoms with Gasteiger partial charge in [0.25, 0.3) is 0 Å². The zero-order valence-electron chi connectivity index (χ0n) is 11.8. The van der Waals surface area contributed by atoms with E-state index in [4.69, 9.17) is 25.8 Å². The normalized spacial score (nSPS) is 10.1. The quantitative estimate of drug-likeness (QED) is 0.524. The van der Waals surface area contributed by atoms with Gasteiger partial charge in [-0.05, 0) is 40.2 Å². The highest BCUT2D eigenvalue weighted by Crippen LogP contribution is 2.36. The molecule has 6 heteroatoms. The first-order valence-electron chi connectivity index (χ1n) is 6.48. The Hall–Kier alpha value is -1.72. The van der Waals surface area contributed by atoms with Gasteiger partial charge in [0, 0.05) is 5.56 Å². The van der Waals surface area contributed by atoms with Crippen LogP contribution >= 0.6 is 27.5 Å². The van der Waals surface area contributed by atoms with Crippen LogP contribution in [-0.2, 0) is 0 Å². The van der Waals surface area contributed by atoms with Crippen molar-refractivity contribution in [1.29, 1.82) is 0 Å². The molecular formula is C16H14BrClO4. The fourth-order valence-electron chi connectivity index (χ4n) is 1.81. The van der Waals surface area contributed by atoms with E-state index in [1.54, 1.807) is 24.3 Å². The van der Waals surface area contributed by atoms with E-state index >= 15 is 0 Å². The molecule has 2 aromatic rings. The molecule has 0 fully saturated rings. The molecule has 0 saturated heterocycles. The highest BCUT2D eigenvalue weighted by atomic mass is 79.9. The number of para-hydroxylation sites is 1. The topological polar surface area (TPSA) is 44.8 Å². The third kappa shape index (κ3) is 4.15. The third-order valence-corrected chi connectivity index (χ3v) is 3.71. The van der Waals surface area contributed by atoms with Crippen molar-refractivity contribution in [3.05, 3.63) is 51.5 Å². The number of halogens is 2. The van der Waals surface area contributed by atoms with Crippen molar-refractivity contribution in [2.24, 2.45) is 0 Å². The summed E-state index contributed by atoms with van der Waals surface area (Å²) < 4.78 is 17.1. The van der Waals surface area contributed by atoms with Gasteiger partial charge in [-0.15, -0.1) is 0 Å². The number of benzene rings is 2. The highest BCUT2D eigenvalue weighted by molar-refractivity contribution is 9.10. The van der Waals surface area contributed by atoms with E-state index < -0.39 is 0 Å². The maximum absolute atomic E-state index is 10.8. The van der Waals surface area contributed by atoms with Crippen LogP contribution in [0, 0.1) is 0 Å². The second kappa shape index (κ2) is 8.06. The number of methoxy groups -OCH3 is 1. The lowest BCUT2D eigenvalue weighted by Crippen LogP contribution is -2.10. The molecule has 0 heterocycles. The molecule has 0 unspecified atom stereocenters. The van der Waals surface area contributed by atoms with Gasteiger partial charge in [-0.1, -0.05) is 23.7 Å². The molecule has 0 amide bonds. The number of hydrogen-bond donors (Lipinski definition) is 0. The first kappa shape index (κ1) is 16.6. The lowest BCUT2D eigenvalue weighted by Gasteiger charge is -2.14. The first-order valence-corrected chi connectivity index (χ1v) is 7.65. The summed E-state index contributed by atoms with van der Waals surface area (Å²) in [5.74, 6) is 1.61. The van der Waals surface area contributed by atoms with E-state index in [1.165, 1.54) is 7.11 Å². The van der Waals surface area contributed by atoms with Gasteiger partial charge in [0.2, 0.25) is 0 Å². The number of rotatable bonds is 7. The van der Waals surface area contributed by atoms with E-state index in [9.17, 15) is 4.79 Å². The Labute approximate surface area is 142 Å². The predicted molar refractivity (Wildman–Crippen MR) is 88.5 cm³/mol. The molecule has 0 aliphatic rings. The molecule has 0 radical (unpaired) electrons. The van der Waals surface area contributed by atoms with E-state index in [-0.39, 0.29) is 0 Å². The van der Waals surface area contributed by atoms with E-state index in [1.807, 2.05) is 12.1 Å². The summed E-state index contributed by atoms with van der Waals surface area (Å²) in [6, 6.07) is 10.5. The predicted octanol–water partition coefficient (Wildman–Crippen LogP) is 4.38. The summed E-state index contributed by atoms with van der Waals surface area (Å²) in [5.41, 5.74) is 0.503. The van der Waals surface area contributed by atoms with Crippen molar-refractivity contribution < 1.29 is 19.0 Å². The molecule has 0 spiro atoms. The van der Waals surface area contributed by atoms with Crippen LogP contribution in [0.4, 0.5) is 0 Å². The Bertz CT molecular complexity index is 661. The van der Waals surface area contributed by atoms with Gasteiger partial charge in [-0.3, -0.25) is 4.79 Å². The van der Waals surface area contributed by atoms with E-state index in [0.717, 1.165) is 6.29 Å². The minimum Gasteiger partial charge on any atom is -0.493 e. The Morgan fingerprint density at radius 2 is 1.86 bits per heavy atom. The van der Waals surface area contributed by atoms with Crippen LogP contribution in [0.5, 0.6) is 17.2 Å². The zero-order valence-corrected chi connectivity index (χ0v) is 14.2. The molecule has 0 aromatic heterocycles. The van der Waals surface area contributed by atoms with Crippen LogP contribution in [0.3, 0.4) is 0 Å². The molecule has 4 nitrogen and oxygen atoms in total. The average Bonchev–Trinajstić information content (AvgIpc) is 2.53. The monoisotopic (exact) mass is 384 g/mol. The number of carbonyl (C=O) groups is 1. The van der Waals surface area contributed by atoms with Crippen molar-refractivity contribution in [2.45, 2.75) is 0 Å². The molecule has 22 heavy (non-hydrogen) atoms. The van der Waals surface area contributed by atoms with E-state index in [2.05, 4.69) is 15.9 Å². The minimum absolute atomic E-state index is 0.306. The summed E-state index contributed by atoms with van der Waals surface area (Å²) >= 11 is 9.36. The first-order chi connectivity index (χ1) is 10.7. The smallest absolute Gasteiger partial charge is 0.175 e. The molecule has 2 rings (SSSR count). The number of carbonyl (C=O) groups excluding carboxylic acids is 1. The summed E-state index contributed by atoms with van der Waals surface area (Å²) in [4.78, 5) is 10.8. The largest absolute Gasteiger partial charge is 0.493 e. The molecule has 0 bridgehead atoms. The van der Waals surface area contributed by atoms with Crippen LogP contribution in [0.1, 0.15) is 10.4 Å². The summed E-state index contributed by atoms with van der Waals surface area (Å²) in [5, 5.41) is 0.552. The van der Waals surface area contributed by atoms with Gasteiger partial charge in [-0.2, -0.15) is 0 Å². The van der Waals surface area contributed by atoms with Crippen LogP contribution in [0.2, 0.25) is 5.02 Å². The van der Waals surface area contributed by atoms with Gasteiger partial charge in [0.1, 0.15) is 25.2 Å². The van der Waals surface area contributed by atoms with Crippen molar-refractivity contribution in [3.63, 3.8) is 0 Å². The summed E-state index contributed by atoms with van der Waals surface area (Å²) in [6.07, 6.45) is 0.748. The number of aldehydes is 1. The SMILES string of the molecule is COc1cc(C=O)cc(Br)c1OCCOc1ccccc1Cl. The molecule has 116 valence electrons. The zero-order chi connectivity index (χ0) is 15.9. The van der Waals surface area contributed by atoms with Crippen molar-refractivity contribution in [1.82, 2.24) is 0 Å². The average molecular weight is 386 g/mol. The van der Waals surface area contributed by atoms with Crippen LogP contribution in [0.15, 0.2) is 40.9 Å². The molecular weight excluding hydrogens is 372 g/mol. The highest BCUT2D eigenvalue weighted by Gasteiger charge is 2.11. The lowest BCUT2D eigenvalue weighted by atomic mass is 10.2. The molecule has 0 aliphatic carbocycles. The molecule has 0 N–H and O–H groups in total. The van der Waals surface area contributed by atoms with Crippen LogP contribution < -0.4 is 14.2 Å². The van der Waals surface area contributed by atoms with Gasteiger partial charge in [-0.25, -0.2) is 0 Å². The Morgan fingerprint density at radius 1 is 1.14 bits per heavy atom. The Balaban J connectivity index is 1.97. The fraction of sp³-hybridized carbons (Fsp3) is 0.188. The molecule has 0 aliphatic heterocycles. The Morgan fingerprint density at radius 3 is 2.55 bits per heavy atom. The molecule has 0 saturated carbocycles. The summed E-state index contributed by atoms with van der Waals surface area (Å²) in [6.45, 7) is 0.634. The van der Waals surface area contributed by atoms with Gasteiger partial charge in [0.15, 0.2) is 11.5 Å². The second-order valence-corrected chi connectivity index (χ2v) is 5.54. The number of hydrogen-bond acceptors (Lipinski definition) is 4. The van der Waals surface area contributed by atoms with Gasteiger partial charge in [0.05, 0.1) is 16.6 Å². The minimum atomic E-state index is 0.306. The standard InChI is InChI=1S/C16H14BrClO4/c1-20-15-9-11(10-19)8-12(17)16(15)22-7-6-21-14-5-3-2-4-13(14)18/h2-5,8-10H,6-7H2,1H3.